The number of amides is 1. The van der Waals surface area contributed by atoms with Crippen LogP contribution in [-0.2, 0) is 11.2 Å². The highest BCUT2D eigenvalue weighted by Crippen LogP contribution is 2.21. The number of para-hydroxylation sites is 1. The molecule has 2 aromatic rings. The molecule has 132 valence electrons. The second kappa shape index (κ2) is 9.09. The molecule has 2 heterocycles. The van der Waals surface area contributed by atoms with Crippen molar-refractivity contribution in [2.45, 2.75) is 39.0 Å². The second-order valence-electron chi connectivity index (χ2n) is 6.64. The first-order valence-corrected chi connectivity index (χ1v) is 8.77. The number of hydrogen-bond acceptors (Lipinski definition) is 2. The Morgan fingerprint density at radius 1 is 1.29 bits per heavy atom. The molecule has 0 bridgehead atoms. The first-order valence-electron chi connectivity index (χ1n) is 8.77. The molecule has 1 aliphatic rings. The number of aromatic nitrogens is 1. The summed E-state index contributed by atoms with van der Waals surface area (Å²) in [6.45, 7) is 5.04. The number of nitrogens with one attached hydrogen (secondary N) is 3. The molecule has 0 radical (unpaired) electrons. The Morgan fingerprint density at radius 2 is 2.08 bits per heavy atom. The SMILES string of the molecule is Cc1cccc2c(CCNC(=O)CCC3CCNCC3)c[nH]c12.Cl. The minimum atomic E-state index is 0. The molecule has 0 aliphatic carbocycles. The van der Waals surface area contributed by atoms with Crippen molar-refractivity contribution in [1.82, 2.24) is 15.6 Å². The molecule has 1 aromatic carbocycles. The summed E-state index contributed by atoms with van der Waals surface area (Å²) in [6.07, 6.45) is 7.06. The number of aryl methyl sites for hydroxylation is 1. The van der Waals surface area contributed by atoms with Gasteiger partial charge in [-0.1, -0.05) is 18.2 Å². The molecule has 1 amide bonds. The zero-order valence-corrected chi connectivity index (χ0v) is 15.2. The average Bonchev–Trinajstić information content (AvgIpc) is 2.99. The van der Waals surface area contributed by atoms with Crippen molar-refractivity contribution in [1.29, 1.82) is 0 Å². The molecule has 4 nitrogen and oxygen atoms in total. The van der Waals surface area contributed by atoms with Crippen molar-refractivity contribution in [2.24, 2.45) is 5.92 Å². The molecule has 24 heavy (non-hydrogen) atoms. The Hall–Kier alpha value is -1.52. The Labute approximate surface area is 150 Å². The lowest BCUT2D eigenvalue weighted by atomic mass is 9.93. The summed E-state index contributed by atoms with van der Waals surface area (Å²) in [4.78, 5) is 15.3. The fraction of sp³-hybridized carbons (Fsp3) is 0.526. The fourth-order valence-corrected chi connectivity index (χ4v) is 3.50. The lowest BCUT2D eigenvalue weighted by molar-refractivity contribution is -0.121. The summed E-state index contributed by atoms with van der Waals surface area (Å²) in [5, 5.41) is 7.71. The molecule has 0 spiro atoms. The van der Waals surface area contributed by atoms with Gasteiger partial charge in [0, 0.05) is 30.1 Å². The van der Waals surface area contributed by atoms with Crippen LogP contribution in [0.2, 0.25) is 0 Å². The van der Waals surface area contributed by atoms with Gasteiger partial charge >= 0.3 is 0 Å². The summed E-state index contributed by atoms with van der Waals surface area (Å²) in [7, 11) is 0. The molecule has 0 atom stereocenters. The third-order valence-electron chi connectivity index (χ3n) is 4.96. The molecular weight excluding hydrogens is 322 g/mol. The maximum atomic E-state index is 12.0. The number of carbonyl (C=O) groups excluding carboxylic acids is 1. The summed E-state index contributed by atoms with van der Waals surface area (Å²) in [6, 6.07) is 6.35. The van der Waals surface area contributed by atoms with Crippen molar-refractivity contribution in [3.8, 4) is 0 Å². The molecule has 0 saturated carbocycles. The summed E-state index contributed by atoms with van der Waals surface area (Å²) >= 11 is 0. The van der Waals surface area contributed by atoms with E-state index in [0.29, 0.717) is 13.0 Å². The van der Waals surface area contributed by atoms with Gasteiger partial charge in [0.15, 0.2) is 0 Å². The highest BCUT2D eigenvalue weighted by molar-refractivity contribution is 5.86. The zero-order valence-electron chi connectivity index (χ0n) is 14.4. The Balaban J connectivity index is 0.00000208. The fourth-order valence-electron chi connectivity index (χ4n) is 3.50. The van der Waals surface area contributed by atoms with E-state index in [0.717, 1.165) is 31.8 Å². The van der Waals surface area contributed by atoms with Gasteiger partial charge in [-0.05, 0) is 62.7 Å². The van der Waals surface area contributed by atoms with E-state index in [1.54, 1.807) is 0 Å². The smallest absolute Gasteiger partial charge is 0.220 e. The molecule has 3 rings (SSSR count). The average molecular weight is 350 g/mol. The number of aromatic amines is 1. The zero-order chi connectivity index (χ0) is 16.1. The van der Waals surface area contributed by atoms with E-state index in [-0.39, 0.29) is 18.3 Å². The third kappa shape index (κ3) is 4.74. The van der Waals surface area contributed by atoms with Crippen LogP contribution in [0.1, 0.15) is 36.8 Å². The first-order chi connectivity index (χ1) is 11.2. The summed E-state index contributed by atoms with van der Waals surface area (Å²) < 4.78 is 0. The number of piperidine rings is 1. The Bertz CT molecular complexity index is 662. The van der Waals surface area contributed by atoms with E-state index >= 15 is 0 Å². The van der Waals surface area contributed by atoms with Crippen LogP contribution in [-0.4, -0.2) is 30.5 Å². The van der Waals surface area contributed by atoms with Gasteiger partial charge in [0.1, 0.15) is 0 Å². The predicted molar refractivity (Wildman–Crippen MR) is 102 cm³/mol. The third-order valence-corrected chi connectivity index (χ3v) is 4.96. The van der Waals surface area contributed by atoms with Crippen LogP contribution in [0.3, 0.4) is 0 Å². The molecule has 1 aromatic heterocycles. The van der Waals surface area contributed by atoms with Crippen molar-refractivity contribution in [3.63, 3.8) is 0 Å². The van der Waals surface area contributed by atoms with Gasteiger partial charge in [-0.2, -0.15) is 0 Å². The monoisotopic (exact) mass is 349 g/mol. The molecular formula is C19H28ClN3O. The molecule has 0 unspecified atom stereocenters. The minimum Gasteiger partial charge on any atom is -0.361 e. The molecule has 5 heteroatoms. The number of benzene rings is 1. The number of H-pyrrole nitrogens is 1. The first kappa shape index (κ1) is 18.8. The summed E-state index contributed by atoms with van der Waals surface area (Å²) in [5.74, 6) is 0.915. The van der Waals surface area contributed by atoms with E-state index < -0.39 is 0 Å². The van der Waals surface area contributed by atoms with Gasteiger partial charge in [0.05, 0.1) is 0 Å². The van der Waals surface area contributed by atoms with Crippen LogP contribution in [0.5, 0.6) is 0 Å². The van der Waals surface area contributed by atoms with Crippen LogP contribution < -0.4 is 10.6 Å². The van der Waals surface area contributed by atoms with Crippen molar-refractivity contribution in [3.05, 3.63) is 35.5 Å². The maximum absolute atomic E-state index is 12.0. The quantitative estimate of drug-likeness (QED) is 0.749. The Kier molecular flexibility index (Phi) is 7.13. The van der Waals surface area contributed by atoms with E-state index in [9.17, 15) is 4.79 Å². The largest absolute Gasteiger partial charge is 0.361 e. The van der Waals surface area contributed by atoms with Crippen molar-refractivity contribution in [2.75, 3.05) is 19.6 Å². The number of halogens is 1. The summed E-state index contributed by atoms with van der Waals surface area (Å²) in [5.41, 5.74) is 3.75. The second-order valence-corrected chi connectivity index (χ2v) is 6.64. The minimum absolute atomic E-state index is 0. The van der Waals surface area contributed by atoms with Crippen LogP contribution in [0.15, 0.2) is 24.4 Å². The highest BCUT2D eigenvalue weighted by Gasteiger charge is 2.14. The van der Waals surface area contributed by atoms with Crippen LogP contribution in [0.25, 0.3) is 10.9 Å². The van der Waals surface area contributed by atoms with Crippen molar-refractivity contribution >= 4 is 29.2 Å². The van der Waals surface area contributed by atoms with Crippen molar-refractivity contribution < 1.29 is 4.79 Å². The van der Waals surface area contributed by atoms with E-state index in [2.05, 4.69) is 46.9 Å². The van der Waals surface area contributed by atoms with E-state index in [4.69, 9.17) is 0 Å². The lowest BCUT2D eigenvalue weighted by Crippen LogP contribution is -2.30. The lowest BCUT2D eigenvalue weighted by Gasteiger charge is -2.22. The number of rotatable bonds is 6. The van der Waals surface area contributed by atoms with Crippen LogP contribution in [0, 0.1) is 12.8 Å². The molecule has 3 N–H and O–H groups in total. The van der Waals surface area contributed by atoms with Crippen LogP contribution >= 0.6 is 12.4 Å². The standard InChI is InChI=1S/C19H27N3O.ClH/c1-14-3-2-4-17-16(13-22-19(14)17)9-12-21-18(23)6-5-15-7-10-20-11-8-15;/h2-4,13,15,20,22H,5-12H2,1H3,(H,21,23);1H. The van der Waals surface area contributed by atoms with Gasteiger partial charge in [0.25, 0.3) is 0 Å². The predicted octanol–water partition coefficient (Wildman–Crippen LogP) is 3.34. The number of hydrogen-bond donors (Lipinski definition) is 3. The normalized spacial score (nSPS) is 15.2. The van der Waals surface area contributed by atoms with Gasteiger partial charge in [-0.25, -0.2) is 0 Å². The van der Waals surface area contributed by atoms with Gasteiger partial charge in [-0.15, -0.1) is 12.4 Å². The van der Waals surface area contributed by atoms with Gasteiger partial charge in [-0.3, -0.25) is 4.79 Å². The van der Waals surface area contributed by atoms with Gasteiger partial charge in [0.2, 0.25) is 5.91 Å². The molecule has 1 aliphatic heterocycles. The van der Waals surface area contributed by atoms with E-state index in [1.165, 1.54) is 34.9 Å². The van der Waals surface area contributed by atoms with E-state index in [1.807, 2.05) is 0 Å². The van der Waals surface area contributed by atoms with Crippen LogP contribution in [0.4, 0.5) is 0 Å². The number of fused-ring (bicyclic) bond motifs is 1. The van der Waals surface area contributed by atoms with Gasteiger partial charge < -0.3 is 15.6 Å². The topological polar surface area (TPSA) is 56.9 Å². The molecule has 1 saturated heterocycles. The highest BCUT2D eigenvalue weighted by atomic mass is 35.5. The Morgan fingerprint density at radius 3 is 2.88 bits per heavy atom. The maximum Gasteiger partial charge on any atom is 0.220 e. The molecule has 1 fully saturated rings. The number of carbonyl (C=O) groups is 1.